The molecule has 0 saturated carbocycles. The van der Waals surface area contributed by atoms with Crippen LogP contribution in [0.3, 0.4) is 0 Å². The van der Waals surface area contributed by atoms with Crippen molar-refractivity contribution in [2.45, 2.75) is 4.83 Å². The lowest BCUT2D eigenvalue weighted by molar-refractivity contribution is 0.397. The van der Waals surface area contributed by atoms with Crippen LogP contribution in [0.5, 0.6) is 11.5 Å². The van der Waals surface area contributed by atoms with Gasteiger partial charge in [0.1, 0.15) is 11.5 Å². The topological polar surface area (TPSA) is 18.5 Å². The van der Waals surface area contributed by atoms with Crippen LogP contribution < -0.4 is 9.47 Å². The van der Waals surface area contributed by atoms with Crippen LogP contribution in [0.4, 0.5) is 0 Å². The lowest BCUT2D eigenvalue weighted by Crippen LogP contribution is -1.99. The molecule has 0 aliphatic carbocycles. The summed E-state index contributed by atoms with van der Waals surface area (Å²) in [5, 5.41) is 0. The maximum absolute atomic E-state index is 5.49. The number of methoxy groups -OCH3 is 2. The summed E-state index contributed by atoms with van der Waals surface area (Å²) in [4.78, 5) is -0.0167. The molecule has 0 N–H and O–H groups in total. The molecule has 1 unspecified atom stereocenters. The fourth-order valence-corrected chi connectivity index (χ4v) is 4.78. The molecule has 0 bridgehead atoms. The Kier molecular flexibility index (Phi) is 6.17. The molecular weight excluding hydrogens is 532 g/mol. The van der Waals surface area contributed by atoms with Crippen molar-refractivity contribution in [3.05, 3.63) is 54.9 Å². The van der Waals surface area contributed by atoms with E-state index in [2.05, 4.69) is 69.8 Å². The minimum atomic E-state index is -0.0167. The van der Waals surface area contributed by atoms with Crippen molar-refractivity contribution in [1.29, 1.82) is 0 Å². The predicted molar refractivity (Wildman–Crippen MR) is 99.9 cm³/mol. The summed E-state index contributed by atoms with van der Waals surface area (Å²) in [5.41, 5.74) is 2.11. The van der Waals surface area contributed by atoms with Crippen molar-refractivity contribution >= 4 is 63.7 Å². The second-order valence-electron chi connectivity index (χ2n) is 4.26. The van der Waals surface area contributed by atoms with Gasteiger partial charge in [0.25, 0.3) is 0 Å². The third kappa shape index (κ3) is 3.84. The molecule has 0 aliphatic heterocycles. The van der Waals surface area contributed by atoms with E-state index in [4.69, 9.17) is 9.47 Å². The molecule has 2 nitrogen and oxygen atoms in total. The predicted octanol–water partition coefficient (Wildman–Crippen LogP) is 6.48. The van der Waals surface area contributed by atoms with Gasteiger partial charge in [0.05, 0.1) is 23.5 Å². The van der Waals surface area contributed by atoms with Crippen molar-refractivity contribution in [1.82, 2.24) is 0 Å². The fraction of sp³-hybridized carbons (Fsp3) is 0.200. The molecule has 0 aromatic heterocycles. The molecule has 2 rings (SSSR count). The normalized spacial score (nSPS) is 12.1. The number of rotatable bonds is 4. The van der Waals surface area contributed by atoms with E-state index in [0.29, 0.717) is 0 Å². The second-order valence-corrected chi connectivity index (χ2v) is 7.80. The molecule has 2 aromatic rings. The zero-order valence-corrected chi connectivity index (χ0v) is 17.6. The molecule has 21 heavy (non-hydrogen) atoms. The molecule has 0 radical (unpaired) electrons. The van der Waals surface area contributed by atoms with E-state index in [1.54, 1.807) is 14.2 Å². The summed E-state index contributed by atoms with van der Waals surface area (Å²) in [6.45, 7) is 0. The van der Waals surface area contributed by atoms with Crippen molar-refractivity contribution in [2.24, 2.45) is 0 Å². The van der Waals surface area contributed by atoms with Crippen molar-refractivity contribution < 1.29 is 9.47 Å². The van der Waals surface area contributed by atoms with Gasteiger partial charge < -0.3 is 9.47 Å². The first-order valence-electron chi connectivity index (χ1n) is 5.98. The van der Waals surface area contributed by atoms with E-state index >= 15 is 0 Å². The van der Waals surface area contributed by atoms with Gasteiger partial charge in [-0.2, -0.15) is 0 Å². The van der Waals surface area contributed by atoms with Gasteiger partial charge in [-0.3, -0.25) is 0 Å². The van der Waals surface area contributed by atoms with E-state index in [1.807, 2.05) is 24.3 Å². The van der Waals surface area contributed by atoms with Gasteiger partial charge in [-0.05, 0) is 45.8 Å². The molecule has 0 aliphatic rings. The van der Waals surface area contributed by atoms with E-state index < -0.39 is 0 Å². The van der Waals surface area contributed by atoms with E-state index in [9.17, 15) is 0 Å². The highest BCUT2D eigenvalue weighted by molar-refractivity contribution is 9.11. The van der Waals surface area contributed by atoms with E-state index in [0.717, 1.165) is 36.0 Å². The van der Waals surface area contributed by atoms with Crippen molar-refractivity contribution in [2.75, 3.05) is 14.2 Å². The Morgan fingerprint density at radius 2 is 1.48 bits per heavy atom. The van der Waals surface area contributed by atoms with Crippen LogP contribution in [0, 0.1) is 0 Å². The smallest absolute Gasteiger partial charge is 0.133 e. The van der Waals surface area contributed by atoms with Crippen LogP contribution in [-0.4, -0.2) is 14.2 Å². The van der Waals surface area contributed by atoms with Crippen molar-refractivity contribution in [3.8, 4) is 11.5 Å². The Bertz CT molecular complexity index is 658. The molecule has 0 heterocycles. The number of halogens is 4. The van der Waals surface area contributed by atoms with Gasteiger partial charge >= 0.3 is 0 Å². The summed E-state index contributed by atoms with van der Waals surface area (Å²) >= 11 is 14.3. The van der Waals surface area contributed by atoms with Gasteiger partial charge in [0.15, 0.2) is 0 Å². The monoisotopic (exact) mass is 540 g/mol. The highest BCUT2D eigenvalue weighted by Gasteiger charge is 2.20. The maximum Gasteiger partial charge on any atom is 0.133 e. The molecule has 2 aromatic carbocycles. The molecular formula is C15H12Br4O2. The lowest BCUT2D eigenvalue weighted by Gasteiger charge is -2.18. The summed E-state index contributed by atoms with van der Waals surface area (Å²) in [7, 11) is 3.31. The highest BCUT2D eigenvalue weighted by Crippen LogP contribution is 2.43. The molecule has 6 heteroatoms. The van der Waals surface area contributed by atoms with Crippen LogP contribution in [0.1, 0.15) is 16.0 Å². The van der Waals surface area contributed by atoms with Gasteiger partial charge in [-0.25, -0.2) is 0 Å². The number of ether oxygens (including phenoxy) is 2. The van der Waals surface area contributed by atoms with Gasteiger partial charge in [0.2, 0.25) is 0 Å². The van der Waals surface area contributed by atoms with Gasteiger partial charge in [0, 0.05) is 14.5 Å². The molecule has 0 spiro atoms. The highest BCUT2D eigenvalue weighted by atomic mass is 79.9. The first kappa shape index (κ1) is 17.3. The van der Waals surface area contributed by atoms with Gasteiger partial charge in [-0.1, -0.05) is 53.9 Å². The summed E-state index contributed by atoms with van der Waals surface area (Å²) in [6.07, 6.45) is 0. The number of benzene rings is 2. The van der Waals surface area contributed by atoms with Crippen molar-refractivity contribution in [3.63, 3.8) is 0 Å². The van der Waals surface area contributed by atoms with Crippen LogP contribution in [0.25, 0.3) is 0 Å². The van der Waals surface area contributed by atoms with Crippen LogP contribution in [-0.2, 0) is 0 Å². The number of hydrogen-bond acceptors (Lipinski definition) is 2. The number of alkyl halides is 1. The fourth-order valence-electron chi connectivity index (χ4n) is 1.96. The quantitative estimate of drug-likeness (QED) is 0.411. The largest absolute Gasteiger partial charge is 0.496 e. The number of hydrogen-bond donors (Lipinski definition) is 0. The Labute approximate surface area is 157 Å². The third-order valence-corrected chi connectivity index (χ3v) is 5.80. The van der Waals surface area contributed by atoms with Crippen LogP contribution >= 0.6 is 63.7 Å². The van der Waals surface area contributed by atoms with E-state index in [-0.39, 0.29) is 4.83 Å². The van der Waals surface area contributed by atoms with Gasteiger partial charge in [-0.15, -0.1) is 0 Å². The Balaban J connectivity index is 2.53. The first-order valence-corrected chi connectivity index (χ1v) is 9.27. The van der Waals surface area contributed by atoms with Crippen LogP contribution in [0.2, 0.25) is 0 Å². The average Bonchev–Trinajstić information content (AvgIpc) is 2.46. The zero-order chi connectivity index (χ0) is 15.6. The lowest BCUT2D eigenvalue weighted by atomic mass is 10.0. The zero-order valence-electron chi connectivity index (χ0n) is 11.3. The standard InChI is InChI=1S/C15H12Br4O2/c1-20-13-7-12(18)14(21-2)6-10(13)15(19)9-4-3-8(16)5-11(9)17/h3-7,15H,1-2H3. The van der Waals surface area contributed by atoms with Crippen LogP contribution in [0.15, 0.2) is 43.7 Å². The maximum atomic E-state index is 5.49. The molecule has 0 amide bonds. The SMILES string of the molecule is COc1cc(C(Br)c2ccc(Br)cc2Br)c(OC)cc1Br. The molecule has 0 fully saturated rings. The summed E-state index contributed by atoms with van der Waals surface area (Å²) < 4.78 is 13.8. The summed E-state index contributed by atoms with van der Waals surface area (Å²) in [5.74, 6) is 1.56. The minimum Gasteiger partial charge on any atom is -0.496 e. The average molecular weight is 544 g/mol. The minimum absolute atomic E-state index is 0.0167. The second kappa shape index (κ2) is 7.49. The summed E-state index contributed by atoms with van der Waals surface area (Å²) in [6, 6.07) is 9.97. The molecule has 1 atom stereocenters. The Morgan fingerprint density at radius 3 is 2.05 bits per heavy atom. The van der Waals surface area contributed by atoms with E-state index in [1.165, 1.54) is 0 Å². The first-order chi connectivity index (χ1) is 9.97. The Hall–Kier alpha value is -0.0400. The molecule has 112 valence electrons. The third-order valence-electron chi connectivity index (χ3n) is 3.01. The molecule has 0 saturated heterocycles. The Morgan fingerprint density at radius 1 is 0.810 bits per heavy atom.